The van der Waals surface area contributed by atoms with Crippen LogP contribution in [0.15, 0.2) is 0 Å². The van der Waals surface area contributed by atoms with E-state index < -0.39 is 0 Å². The van der Waals surface area contributed by atoms with E-state index >= 15 is 0 Å². The summed E-state index contributed by atoms with van der Waals surface area (Å²) in [5.74, 6) is 1.48. The zero-order valence-electron chi connectivity index (χ0n) is 19.7. The highest BCUT2D eigenvalue weighted by Gasteiger charge is 2.09. The highest BCUT2D eigenvalue weighted by Crippen LogP contribution is 2.14. The van der Waals surface area contributed by atoms with E-state index in [0.29, 0.717) is 17.6 Å². The molecule has 0 aromatic heterocycles. The second-order valence-corrected chi connectivity index (χ2v) is 9.39. The van der Waals surface area contributed by atoms with Gasteiger partial charge in [0.25, 0.3) is 0 Å². The van der Waals surface area contributed by atoms with Crippen molar-refractivity contribution >= 4 is 11.7 Å². The normalized spacial score (nSPS) is 11.4. The first kappa shape index (κ1) is 27.1. The Kier molecular flexibility index (Phi) is 17.6. The van der Waals surface area contributed by atoms with Crippen molar-refractivity contribution in [2.24, 2.45) is 11.8 Å². The van der Waals surface area contributed by atoms with Gasteiger partial charge in [0.2, 0.25) is 5.91 Å². The fourth-order valence-corrected chi connectivity index (χ4v) is 3.65. The fourth-order valence-electron chi connectivity index (χ4n) is 3.65. The van der Waals surface area contributed by atoms with Gasteiger partial charge in [-0.15, -0.1) is 0 Å². The van der Waals surface area contributed by atoms with Crippen LogP contribution < -0.4 is 0 Å². The van der Waals surface area contributed by atoms with Gasteiger partial charge in [0.15, 0.2) is 0 Å². The van der Waals surface area contributed by atoms with E-state index in [1.807, 2.05) is 25.8 Å². The van der Waals surface area contributed by atoms with Crippen LogP contribution in [0.1, 0.15) is 124 Å². The first-order valence-electron chi connectivity index (χ1n) is 12.1. The Morgan fingerprint density at radius 2 is 0.964 bits per heavy atom. The van der Waals surface area contributed by atoms with Gasteiger partial charge in [0.05, 0.1) is 0 Å². The molecule has 0 bridgehead atoms. The van der Waals surface area contributed by atoms with Crippen LogP contribution in [0.3, 0.4) is 0 Å². The van der Waals surface area contributed by atoms with Crippen molar-refractivity contribution in [3.63, 3.8) is 0 Å². The number of carbonyl (C=O) groups excluding carboxylic acids is 2. The molecule has 0 N–H and O–H groups in total. The first-order chi connectivity index (χ1) is 13.3. The van der Waals surface area contributed by atoms with E-state index in [1.54, 1.807) is 0 Å². The molecule has 0 aromatic rings. The smallest absolute Gasteiger partial charge is 0.222 e. The average Bonchev–Trinajstić information content (AvgIpc) is 2.63. The van der Waals surface area contributed by atoms with Crippen LogP contribution in [0.2, 0.25) is 0 Å². The highest BCUT2D eigenvalue weighted by molar-refractivity contribution is 5.80. The number of hydrogen-bond donors (Lipinski definition) is 0. The van der Waals surface area contributed by atoms with Crippen LogP contribution >= 0.6 is 0 Å². The topological polar surface area (TPSA) is 37.4 Å². The number of ketones is 1. The van der Waals surface area contributed by atoms with Crippen molar-refractivity contribution in [2.45, 2.75) is 124 Å². The summed E-state index contributed by atoms with van der Waals surface area (Å²) < 4.78 is 0. The molecule has 0 rings (SSSR count). The molecule has 0 atom stereocenters. The van der Waals surface area contributed by atoms with Gasteiger partial charge in [0.1, 0.15) is 5.78 Å². The maximum atomic E-state index is 12.0. The second kappa shape index (κ2) is 18.2. The molecule has 0 aromatic carbocycles. The minimum atomic E-state index is 0.207. The minimum absolute atomic E-state index is 0.207. The number of carbonyl (C=O) groups is 2. The molecule has 3 nitrogen and oxygen atoms in total. The maximum absolute atomic E-state index is 12.0. The molecule has 0 aliphatic carbocycles. The molecular weight excluding hydrogens is 346 g/mol. The Hall–Kier alpha value is -0.860. The van der Waals surface area contributed by atoms with Gasteiger partial charge in [-0.3, -0.25) is 9.59 Å². The first-order valence-corrected chi connectivity index (χ1v) is 12.1. The Morgan fingerprint density at radius 1 is 0.607 bits per heavy atom. The number of Topliss-reactive ketones (excluding diaryl/α,β-unsaturated/α-hetero) is 1. The predicted molar refractivity (Wildman–Crippen MR) is 122 cm³/mol. The SMILES string of the molecule is CC(C)CN(C)C(=O)CCCCCCCCCCCCCCCC(=O)C(C)C. The van der Waals surface area contributed by atoms with Gasteiger partial charge in [-0.05, 0) is 18.8 Å². The quantitative estimate of drug-likeness (QED) is 0.217. The minimum Gasteiger partial charge on any atom is -0.346 e. The molecule has 166 valence electrons. The van der Waals surface area contributed by atoms with Crippen LogP contribution in [0.4, 0.5) is 0 Å². The predicted octanol–water partition coefficient (Wildman–Crippen LogP) is 7.18. The number of hydrogen-bond acceptors (Lipinski definition) is 2. The van der Waals surface area contributed by atoms with Gasteiger partial charge in [0, 0.05) is 32.4 Å². The summed E-state index contributed by atoms with van der Waals surface area (Å²) in [6, 6.07) is 0. The van der Waals surface area contributed by atoms with Gasteiger partial charge in [-0.2, -0.15) is 0 Å². The van der Waals surface area contributed by atoms with E-state index in [1.165, 1.54) is 70.6 Å². The van der Waals surface area contributed by atoms with E-state index in [9.17, 15) is 9.59 Å². The molecule has 0 fully saturated rings. The molecule has 0 aliphatic heterocycles. The Labute approximate surface area is 176 Å². The lowest BCUT2D eigenvalue weighted by atomic mass is 10.0. The summed E-state index contributed by atoms with van der Waals surface area (Å²) in [5.41, 5.74) is 0. The van der Waals surface area contributed by atoms with Crippen molar-refractivity contribution in [1.29, 1.82) is 0 Å². The largest absolute Gasteiger partial charge is 0.346 e. The molecule has 28 heavy (non-hydrogen) atoms. The Bertz CT molecular complexity index is 390. The lowest BCUT2D eigenvalue weighted by molar-refractivity contribution is -0.130. The zero-order chi connectivity index (χ0) is 21.2. The van der Waals surface area contributed by atoms with Crippen molar-refractivity contribution in [3.8, 4) is 0 Å². The lowest BCUT2D eigenvalue weighted by Gasteiger charge is -2.19. The summed E-state index contributed by atoms with van der Waals surface area (Å²) in [6.45, 7) is 9.18. The van der Waals surface area contributed by atoms with Crippen LogP contribution in [-0.4, -0.2) is 30.2 Å². The molecule has 3 heteroatoms. The Balaban J connectivity index is 3.26. The highest BCUT2D eigenvalue weighted by atomic mass is 16.2. The van der Waals surface area contributed by atoms with E-state index in [-0.39, 0.29) is 5.92 Å². The summed E-state index contributed by atoms with van der Waals surface area (Å²) in [6.07, 6.45) is 18.0. The molecule has 0 heterocycles. The van der Waals surface area contributed by atoms with Crippen LogP contribution in [0, 0.1) is 11.8 Å². The molecule has 0 saturated carbocycles. The third-order valence-electron chi connectivity index (χ3n) is 5.52. The maximum Gasteiger partial charge on any atom is 0.222 e. The van der Waals surface area contributed by atoms with E-state index in [0.717, 1.165) is 32.2 Å². The number of nitrogens with zero attached hydrogens (tertiary/aromatic N) is 1. The van der Waals surface area contributed by atoms with Crippen molar-refractivity contribution in [1.82, 2.24) is 4.90 Å². The molecule has 0 aliphatic rings. The van der Waals surface area contributed by atoms with Gasteiger partial charge < -0.3 is 4.90 Å². The summed E-state index contributed by atoms with van der Waals surface area (Å²) in [4.78, 5) is 25.4. The molecule has 0 saturated heterocycles. The molecular formula is C25H49NO2. The van der Waals surface area contributed by atoms with Gasteiger partial charge in [-0.1, -0.05) is 98.3 Å². The molecule has 0 spiro atoms. The lowest BCUT2D eigenvalue weighted by Crippen LogP contribution is -2.29. The van der Waals surface area contributed by atoms with Crippen LogP contribution in [0.5, 0.6) is 0 Å². The summed E-state index contributed by atoms with van der Waals surface area (Å²) in [5, 5.41) is 0. The average molecular weight is 396 g/mol. The van der Waals surface area contributed by atoms with Crippen LogP contribution in [0.25, 0.3) is 0 Å². The van der Waals surface area contributed by atoms with E-state index in [4.69, 9.17) is 0 Å². The molecule has 0 radical (unpaired) electrons. The second-order valence-electron chi connectivity index (χ2n) is 9.39. The zero-order valence-corrected chi connectivity index (χ0v) is 19.7. The summed E-state index contributed by atoms with van der Waals surface area (Å²) >= 11 is 0. The monoisotopic (exact) mass is 395 g/mol. The number of rotatable bonds is 19. The van der Waals surface area contributed by atoms with Crippen molar-refractivity contribution in [3.05, 3.63) is 0 Å². The summed E-state index contributed by atoms with van der Waals surface area (Å²) in [7, 11) is 1.93. The molecule has 1 amide bonds. The number of amides is 1. The fraction of sp³-hybridized carbons (Fsp3) is 0.920. The third-order valence-corrected chi connectivity index (χ3v) is 5.52. The Morgan fingerprint density at radius 3 is 1.32 bits per heavy atom. The standard InChI is InChI=1S/C25H49NO2/c1-22(2)21-26(5)25(28)20-18-16-14-12-10-8-6-7-9-11-13-15-17-19-24(27)23(3)4/h22-23H,6-21H2,1-5H3. The molecule has 0 unspecified atom stereocenters. The van der Waals surface area contributed by atoms with Gasteiger partial charge >= 0.3 is 0 Å². The van der Waals surface area contributed by atoms with Crippen LogP contribution in [-0.2, 0) is 9.59 Å². The number of unbranched alkanes of at least 4 members (excludes halogenated alkanes) is 12. The van der Waals surface area contributed by atoms with E-state index in [2.05, 4.69) is 13.8 Å². The van der Waals surface area contributed by atoms with Crippen molar-refractivity contribution in [2.75, 3.05) is 13.6 Å². The van der Waals surface area contributed by atoms with Gasteiger partial charge in [-0.25, -0.2) is 0 Å². The third kappa shape index (κ3) is 17.3. The van der Waals surface area contributed by atoms with Crippen molar-refractivity contribution < 1.29 is 9.59 Å².